The Hall–Kier alpha value is -0.930. The zero-order chi connectivity index (χ0) is 12.1. The van der Waals surface area contributed by atoms with E-state index >= 15 is 0 Å². The first-order valence-electron chi connectivity index (χ1n) is 6.31. The first-order valence-corrected chi connectivity index (χ1v) is 6.31. The molecule has 1 N–H and O–H groups in total. The van der Waals surface area contributed by atoms with Crippen LogP contribution < -0.4 is 5.32 Å². The van der Waals surface area contributed by atoms with Gasteiger partial charge in [0.1, 0.15) is 5.82 Å². The molecule has 0 aromatic heterocycles. The van der Waals surface area contributed by atoms with Crippen LogP contribution in [0.25, 0.3) is 0 Å². The fourth-order valence-electron chi connectivity index (χ4n) is 2.25. The molecular formula is C14H20FNO. The number of ether oxygens (including phenoxy) is 1. The molecule has 1 aliphatic heterocycles. The summed E-state index contributed by atoms with van der Waals surface area (Å²) in [5.74, 6) is 0.474. The second kappa shape index (κ2) is 6.12. The molecule has 0 radical (unpaired) electrons. The lowest BCUT2D eigenvalue weighted by atomic mass is 10.0. The van der Waals surface area contributed by atoms with Crippen LogP contribution in [0.3, 0.4) is 0 Å². The second-order valence-corrected chi connectivity index (χ2v) is 4.75. The Labute approximate surface area is 102 Å². The highest BCUT2D eigenvalue weighted by Crippen LogP contribution is 2.16. The third-order valence-electron chi connectivity index (χ3n) is 3.44. The lowest BCUT2D eigenvalue weighted by molar-refractivity contribution is 0.178. The van der Waals surface area contributed by atoms with Crippen LogP contribution in [0, 0.1) is 11.7 Å². The molecule has 1 aromatic rings. The molecule has 0 amide bonds. The topological polar surface area (TPSA) is 21.3 Å². The monoisotopic (exact) mass is 237 g/mol. The van der Waals surface area contributed by atoms with Crippen molar-refractivity contribution in [1.82, 2.24) is 5.32 Å². The number of nitrogens with one attached hydrogen (secondary N) is 1. The molecule has 0 spiro atoms. The van der Waals surface area contributed by atoms with E-state index in [0.29, 0.717) is 12.0 Å². The minimum absolute atomic E-state index is 0.153. The van der Waals surface area contributed by atoms with Crippen LogP contribution in [-0.2, 0) is 11.2 Å². The standard InChI is InChI=1S/C14H20FNO/c1-11(13-6-8-17-10-13)16-7-5-12-3-2-4-14(15)9-12/h2-4,9,11,13,16H,5-8,10H2,1H3. The molecule has 1 aromatic carbocycles. The number of halogens is 1. The van der Waals surface area contributed by atoms with Gasteiger partial charge < -0.3 is 10.1 Å². The Kier molecular flexibility index (Phi) is 4.51. The van der Waals surface area contributed by atoms with Crippen molar-refractivity contribution in [3.63, 3.8) is 0 Å². The molecule has 0 aliphatic carbocycles. The normalized spacial score (nSPS) is 21.6. The summed E-state index contributed by atoms with van der Waals surface area (Å²) < 4.78 is 18.3. The molecule has 3 heteroatoms. The van der Waals surface area contributed by atoms with E-state index in [2.05, 4.69) is 12.2 Å². The number of hydrogen-bond donors (Lipinski definition) is 1. The van der Waals surface area contributed by atoms with Crippen molar-refractivity contribution < 1.29 is 9.13 Å². The zero-order valence-electron chi connectivity index (χ0n) is 10.3. The summed E-state index contributed by atoms with van der Waals surface area (Å²) in [7, 11) is 0. The van der Waals surface area contributed by atoms with Crippen LogP contribution >= 0.6 is 0 Å². The van der Waals surface area contributed by atoms with Gasteiger partial charge in [-0.3, -0.25) is 0 Å². The summed E-state index contributed by atoms with van der Waals surface area (Å²) in [6.07, 6.45) is 2.02. The van der Waals surface area contributed by atoms with E-state index in [4.69, 9.17) is 4.74 Å². The maximum Gasteiger partial charge on any atom is 0.123 e. The van der Waals surface area contributed by atoms with Crippen molar-refractivity contribution in [1.29, 1.82) is 0 Å². The van der Waals surface area contributed by atoms with Gasteiger partial charge in [-0.25, -0.2) is 4.39 Å². The molecule has 94 valence electrons. The van der Waals surface area contributed by atoms with Crippen LogP contribution in [0.5, 0.6) is 0 Å². The van der Waals surface area contributed by atoms with E-state index in [1.807, 2.05) is 6.07 Å². The Morgan fingerprint density at radius 3 is 3.12 bits per heavy atom. The van der Waals surface area contributed by atoms with Gasteiger partial charge in [0, 0.05) is 12.6 Å². The van der Waals surface area contributed by atoms with Crippen LogP contribution in [-0.4, -0.2) is 25.8 Å². The average Bonchev–Trinajstić information content (AvgIpc) is 2.82. The van der Waals surface area contributed by atoms with Crippen molar-refractivity contribution >= 4 is 0 Å². The average molecular weight is 237 g/mol. The van der Waals surface area contributed by atoms with E-state index in [1.165, 1.54) is 6.07 Å². The number of benzene rings is 1. The van der Waals surface area contributed by atoms with E-state index in [0.717, 1.165) is 38.2 Å². The molecule has 1 saturated heterocycles. The van der Waals surface area contributed by atoms with Crippen molar-refractivity contribution in [2.75, 3.05) is 19.8 Å². The van der Waals surface area contributed by atoms with Gasteiger partial charge in [0.25, 0.3) is 0 Å². The molecule has 0 bridgehead atoms. The summed E-state index contributed by atoms with van der Waals surface area (Å²) in [6.45, 7) is 4.85. The van der Waals surface area contributed by atoms with Crippen LogP contribution in [0.2, 0.25) is 0 Å². The van der Waals surface area contributed by atoms with E-state index < -0.39 is 0 Å². The molecule has 17 heavy (non-hydrogen) atoms. The summed E-state index contributed by atoms with van der Waals surface area (Å²) in [5, 5.41) is 3.49. The molecular weight excluding hydrogens is 217 g/mol. The molecule has 1 heterocycles. The molecule has 2 rings (SSSR count). The molecule has 2 atom stereocenters. The Morgan fingerprint density at radius 2 is 2.41 bits per heavy atom. The van der Waals surface area contributed by atoms with Crippen LogP contribution in [0.4, 0.5) is 4.39 Å². The van der Waals surface area contributed by atoms with E-state index in [9.17, 15) is 4.39 Å². The zero-order valence-corrected chi connectivity index (χ0v) is 10.3. The lowest BCUT2D eigenvalue weighted by Crippen LogP contribution is -2.35. The SMILES string of the molecule is CC(NCCc1cccc(F)c1)C1CCOC1. The maximum atomic E-state index is 13.0. The van der Waals surface area contributed by atoms with Crippen LogP contribution in [0.1, 0.15) is 18.9 Å². The van der Waals surface area contributed by atoms with Crippen LogP contribution in [0.15, 0.2) is 24.3 Å². The molecule has 1 aliphatic rings. The number of hydrogen-bond acceptors (Lipinski definition) is 2. The highest BCUT2D eigenvalue weighted by Gasteiger charge is 2.21. The van der Waals surface area contributed by atoms with Crippen molar-refractivity contribution in [3.8, 4) is 0 Å². The summed E-state index contributed by atoms with van der Waals surface area (Å²) in [6, 6.07) is 7.29. The Morgan fingerprint density at radius 1 is 1.53 bits per heavy atom. The summed E-state index contributed by atoms with van der Waals surface area (Å²) >= 11 is 0. The fraction of sp³-hybridized carbons (Fsp3) is 0.571. The predicted octanol–water partition coefficient (Wildman–Crippen LogP) is 2.38. The quantitative estimate of drug-likeness (QED) is 0.849. The van der Waals surface area contributed by atoms with E-state index in [-0.39, 0.29) is 5.82 Å². The molecule has 2 nitrogen and oxygen atoms in total. The third kappa shape index (κ3) is 3.79. The van der Waals surface area contributed by atoms with Gasteiger partial charge in [-0.15, -0.1) is 0 Å². The Bertz CT molecular complexity index is 350. The Balaban J connectivity index is 1.71. The lowest BCUT2D eigenvalue weighted by Gasteiger charge is -2.19. The second-order valence-electron chi connectivity index (χ2n) is 4.75. The fourth-order valence-corrected chi connectivity index (χ4v) is 2.25. The van der Waals surface area contributed by atoms with Crippen molar-refractivity contribution in [2.24, 2.45) is 5.92 Å². The van der Waals surface area contributed by atoms with Gasteiger partial charge in [-0.1, -0.05) is 12.1 Å². The smallest absolute Gasteiger partial charge is 0.123 e. The molecule has 0 saturated carbocycles. The van der Waals surface area contributed by atoms with Gasteiger partial charge in [-0.05, 0) is 49.9 Å². The largest absolute Gasteiger partial charge is 0.381 e. The van der Waals surface area contributed by atoms with Gasteiger partial charge in [0.15, 0.2) is 0 Å². The molecule has 1 fully saturated rings. The highest BCUT2D eigenvalue weighted by molar-refractivity contribution is 5.16. The highest BCUT2D eigenvalue weighted by atomic mass is 19.1. The van der Waals surface area contributed by atoms with Gasteiger partial charge in [-0.2, -0.15) is 0 Å². The van der Waals surface area contributed by atoms with E-state index in [1.54, 1.807) is 12.1 Å². The first-order chi connectivity index (χ1) is 8.25. The molecule has 2 unspecified atom stereocenters. The van der Waals surface area contributed by atoms with Crippen molar-refractivity contribution in [3.05, 3.63) is 35.6 Å². The minimum atomic E-state index is -0.153. The predicted molar refractivity (Wildman–Crippen MR) is 66.5 cm³/mol. The third-order valence-corrected chi connectivity index (χ3v) is 3.44. The van der Waals surface area contributed by atoms with Crippen molar-refractivity contribution in [2.45, 2.75) is 25.8 Å². The van der Waals surface area contributed by atoms with Gasteiger partial charge >= 0.3 is 0 Å². The minimum Gasteiger partial charge on any atom is -0.381 e. The first kappa shape index (κ1) is 12.5. The maximum absolute atomic E-state index is 13.0. The van der Waals surface area contributed by atoms with Gasteiger partial charge in [0.2, 0.25) is 0 Å². The summed E-state index contributed by atoms with van der Waals surface area (Å²) in [5.41, 5.74) is 1.05. The number of rotatable bonds is 5. The summed E-state index contributed by atoms with van der Waals surface area (Å²) in [4.78, 5) is 0. The van der Waals surface area contributed by atoms with Gasteiger partial charge in [0.05, 0.1) is 6.61 Å².